The Morgan fingerprint density at radius 2 is 1.87 bits per heavy atom. The Morgan fingerprint density at radius 1 is 1.10 bits per heavy atom. The summed E-state index contributed by atoms with van der Waals surface area (Å²) in [7, 11) is 0.0161. The predicted octanol–water partition coefficient (Wildman–Crippen LogP) is 3.14. The number of nitrogens with zero attached hydrogens (tertiary/aromatic N) is 5. The Bertz CT molecular complexity index is 1400. The zero-order chi connectivity index (χ0) is 22.3. The monoisotopic (exact) mass is 437 g/mol. The summed E-state index contributed by atoms with van der Waals surface area (Å²) in [4.78, 5) is 10.8. The lowest BCUT2D eigenvalue weighted by atomic mass is 10.2. The van der Waals surface area contributed by atoms with Crippen LogP contribution in [0, 0.1) is 13.8 Å². The van der Waals surface area contributed by atoms with Crippen molar-refractivity contribution >= 4 is 44.1 Å². The number of nitrogens with one attached hydrogen (secondary N) is 1. The first kappa shape index (κ1) is 20.8. The predicted molar refractivity (Wildman–Crippen MR) is 121 cm³/mol. The van der Waals surface area contributed by atoms with Crippen LogP contribution in [-0.2, 0) is 17.1 Å². The highest BCUT2D eigenvalue weighted by atomic mass is 32.2. The maximum atomic E-state index is 11.8. The van der Waals surface area contributed by atoms with Gasteiger partial charge in [-0.1, -0.05) is 6.07 Å². The SMILES string of the molecule is Cc1ccc(Nc2nccc(N(C)c3ccc4c(C)nn(C)c4c3)n2)cc1S(N)(=O)=O. The van der Waals surface area contributed by atoms with Gasteiger partial charge in [-0.15, -0.1) is 0 Å². The van der Waals surface area contributed by atoms with E-state index in [4.69, 9.17) is 5.14 Å². The standard InChI is InChI=1S/C21H23N7O2S/c1-13-5-6-15(11-19(13)31(22,29)30)24-21-23-10-9-20(25-21)27(3)16-7-8-17-14(2)26-28(4)18(17)12-16/h5-12H,1-4H3,(H2,22,29,30)(H,23,24,25). The Morgan fingerprint density at radius 3 is 2.61 bits per heavy atom. The summed E-state index contributed by atoms with van der Waals surface area (Å²) < 4.78 is 25.4. The molecule has 0 bridgehead atoms. The summed E-state index contributed by atoms with van der Waals surface area (Å²) in [5, 5.41) is 13.9. The third kappa shape index (κ3) is 4.07. The lowest BCUT2D eigenvalue weighted by molar-refractivity contribution is 0.597. The van der Waals surface area contributed by atoms with Crippen molar-refractivity contribution in [2.45, 2.75) is 18.7 Å². The Labute approximate surface area is 180 Å². The molecule has 0 unspecified atom stereocenters. The minimum atomic E-state index is -3.82. The normalized spacial score (nSPS) is 11.6. The molecule has 0 amide bonds. The number of anilines is 4. The van der Waals surface area contributed by atoms with Gasteiger partial charge in [0.1, 0.15) is 5.82 Å². The first-order valence-corrected chi connectivity index (χ1v) is 11.1. The molecule has 10 heteroatoms. The lowest BCUT2D eigenvalue weighted by Crippen LogP contribution is -2.14. The van der Waals surface area contributed by atoms with Gasteiger partial charge in [-0.2, -0.15) is 10.1 Å². The fourth-order valence-corrected chi connectivity index (χ4v) is 4.29. The van der Waals surface area contributed by atoms with Crippen molar-refractivity contribution in [3.8, 4) is 0 Å². The summed E-state index contributed by atoms with van der Waals surface area (Å²) in [6.07, 6.45) is 1.64. The van der Waals surface area contributed by atoms with Crippen LogP contribution in [0.25, 0.3) is 10.9 Å². The van der Waals surface area contributed by atoms with E-state index >= 15 is 0 Å². The number of hydrogen-bond acceptors (Lipinski definition) is 7. The maximum absolute atomic E-state index is 11.8. The number of rotatable bonds is 5. The highest BCUT2D eigenvalue weighted by Gasteiger charge is 2.14. The summed E-state index contributed by atoms with van der Waals surface area (Å²) in [5.74, 6) is 1.01. The van der Waals surface area contributed by atoms with Gasteiger partial charge in [0.25, 0.3) is 0 Å². The molecule has 0 saturated heterocycles. The van der Waals surface area contributed by atoms with E-state index in [2.05, 4.69) is 26.4 Å². The van der Waals surface area contributed by atoms with E-state index in [1.807, 2.05) is 42.7 Å². The van der Waals surface area contributed by atoms with Crippen LogP contribution in [0.4, 0.5) is 23.1 Å². The third-order valence-electron chi connectivity index (χ3n) is 5.14. The number of primary sulfonamides is 1. The molecule has 0 saturated carbocycles. The average molecular weight is 438 g/mol. The van der Waals surface area contributed by atoms with Crippen LogP contribution in [0.1, 0.15) is 11.3 Å². The summed E-state index contributed by atoms with van der Waals surface area (Å²) in [6, 6.07) is 12.8. The van der Waals surface area contributed by atoms with E-state index in [1.54, 1.807) is 31.3 Å². The number of sulfonamides is 1. The van der Waals surface area contributed by atoms with Gasteiger partial charge in [-0.05, 0) is 55.8 Å². The van der Waals surface area contributed by atoms with Gasteiger partial charge in [-0.3, -0.25) is 4.68 Å². The van der Waals surface area contributed by atoms with Gasteiger partial charge in [-0.25, -0.2) is 18.5 Å². The van der Waals surface area contributed by atoms with E-state index in [0.29, 0.717) is 23.0 Å². The minimum Gasteiger partial charge on any atom is -0.329 e. The van der Waals surface area contributed by atoms with Crippen molar-refractivity contribution < 1.29 is 8.42 Å². The fraction of sp³-hybridized carbons (Fsp3) is 0.190. The number of aryl methyl sites for hydroxylation is 3. The van der Waals surface area contributed by atoms with E-state index in [9.17, 15) is 8.42 Å². The van der Waals surface area contributed by atoms with Crippen LogP contribution in [0.3, 0.4) is 0 Å². The molecule has 0 aliphatic heterocycles. The van der Waals surface area contributed by atoms with Crippen molar-refractivity contribution in [3.63, 3.8) is 0 Å². The number of fused-ring (bicyclic) bond motifs is 1. The number of hydrogen-bond donors (Lipinski definition) is 2. The molecular formula is C21H23N7O2S. The second-order valence-electron chi connectivity index (χ2n) is 7.36. The molecule has 0 aliphatic rings. The van der Waals surface area contributed by atoms with Crippen molar-refractivity contribution in [2.75, 3.05) is 17.3 Å². The molecule has 4 rings (SSSR count). The molecule has 0 radical (unpaired) electrons. The van der Waals surface area contributed by atoms with Gasteiger partial charge in [0, 0.05) is 37.1 Å². The second kappa shape index (κ2) is 7.64. The quantitative estimate of drug-likeness (QED) is 0.492. The Balaban J connectivity index is 1.64. The first-order valence-electron chi connectivity index (χ1n) is 9.54. The molecule has 0 fully saturated rings. The molecule has 2 aromatic carbocycles. The van der Waals surface area contributed by atoms with Crippen molar-refractivity contribution in [1.29, 1.82) is 0 Å². The van der Waals surface area contributed by atoms with Crippen LogP contribution in [0.5, 0.6) is 0 Å². The van der Waals surface area contributed by atoms with E-state index in [-0.39, 0.29) is 4.90 Å². The molecule has 31 heavy (non-hydrogen) atoms. The average Bonchev–Trinajstić information content (AvgIpc) is 3.01. The maximum Gasteiger partial charge on any atom is 0.238 e. The van der Waals surface area contributed by atoms with Crippen molar-refractivity contribution in [3.05, 3.63) is 59.9 Å². The van der Waals surface area contributed by atoms with Crippen LogP contribution >= 0.6 is 0 Å². The van der Waals surface area contributed by atoms with Crippen LogP contribution < -0.4 is 15.4 Å². The molecule has 0 aliphatic carbocycles. The van der Waals surface area contributed by atoms with E-state index < -0.39 is 10.0 Å². The van der Waals surface area contributed by atoms with Gasteiger partial charge < -0.3 is 10.2 Å². The third-order valence-corrected chi connectivity index (χ3v) is 6.20. The van der Waals surface area contributed by atoms with Gasteiger partial charge in [0.05, 0.1) is 16.1 Å². The second-order valence-corrected chi connectivity index (χ2v) is 8.89. The van der Waals surface area contributed by atoms with Gasteiger partial charge in [0.15, 0.2) is 0 Å². The van der Waals surface area contributed by atoms with Crippen LogP contribution in [-0.4, -0.2) is 35.2 Å². The Kier molecular flexibility index (Phi) is 5.11. The largest absolute Gasteiger partial charge is 0.329 e. The van der Waals surface area contributed by atoms with Crippen LogP contribution in [0.2, 0.25) is 0 Å². The molecule has 0 atom stereocenters. The lowest BCUT2D eigenvalue weighted by Gasteiger charge is -2.19. The molecule has 9 nitrogen and oxygen atoms in total. The molecule has 0 spiro atoms. The topological polar surface area (TPSA) is 119 Å². The Hall–Kier alpha value is -3.50. The van der Waals surface area contributed by atoms with Crippen LogP contribution in [0.15, 0.2) is 53.6 Å². The smallest absolute Gasteiger partial charge is 0.238 e. The first-order chi connectivity index (χ1) is 14.6. The molecule has 2 heterocycles. The number of benzene rings is 2. The summed E-state index contributed by atoms with van der Waals surface area (Å²) >= 11 is 0. The zero-order valence-electron chi connectivity index (χ0n) is 17.7. The fourth-order valence-electron chi connectivity index (χ4n) is 3.48. The zero-order valence-corrected chi connectivity index (χ0v) is 18.5. The van der Waals surface area contributed by atoms with Crippen molar-refractivity contribution in [2.24, 2.45) is 12.2 Å². The molecule has 2 aromatic heterocycles. The van der Waals surface area contributed by atoms with Gasteiger partial charge >= 0.3 is 0 Å². The molecule has 160 valence electrons. The molecule has 3 N–H and O–H groups in total. The molecule has 4 aromatic rings. The number of nitrogens with two attached hydrogens (primary N) is 1. The van der Waals surface area contributed by atoms with E-state index in [1.165, 1.54) is 6.07 Å². The number of aromatic nitrogens is 4. The highest BCUT2D eigenvalue weighted by molar-refractivity contribution is 7.89. The summed E-state index contributed by atoms with van der Waals surface area (Å²) in [6.45, 7) is 3.68. The summed E-state index contributed by atoms with van der Waals surface area (Å²) in [5.41, 5.74) is 4.07. The minimum absolute atomic E-state index is 0.0607. The highest BCUT2D eigenvalue weighted by Crippen LogP contribution is 2.28. The van der Waals surface area contributed by atoms with Crippen molar-refractivity contribution in [1.82, 2.24) is 19.7 Å². The van der Waals surface area contributed by atoms with E-state index in [0.717, 1.165) is 22.3 Å². The van der Waals surface area contributed by atoms with Gasteiger partial charge in [0.2, 0.25) is 16.0 Å². The molecular weight excluding hydrogens is 414 g/mol.